The van der Waals surface area contributed by atoms with Gasteiger partial charge in [0.2, 0.25) is 0 Å². The van der Waals surface area contributed by atoms with Gasteiger partial charge in [-0.3, -0.25) is 4.79 Å². The van der Waals surface area contributed by atoms with Crippen LogP contribution in [0.3, 0.4) is 0 Å². The Labute approximate surface area is 218 Å². The van der Waals surface area contributed by atoms with Crippen molar-refractivity contribution < 1.29 is 23.1 Å². The summed E-state index contributed by atoms with van der Waals surface area (Å²) >= 11 is 1.14. The molecule has 1 saturated heterocycles. The summed E-state index contributed by atoms with van der Waals surface area (Å²) in [6.07, 6.45) is -3.19. The minimum atomic E-state index is -4.55. The molecular weight excluding hydrogens is 501 g/mol. The molecule has 1 aromatic carbocycles. The lowest BCUT2D eigenvalue weighted by atomic mass is 9.82. The molecule has 2 aromatic heterocycles. The first-order valence-corrected chi connectivity index (χ1v) is 12.9. The standard InChI is InChI=1S/C27H29F3N4O2S/c1-17(2)18-8-4-5-9-19(18)24-20(27(28,29)30)12-13-21(31-24)33-37-23-11-6-10-22(32-23)34-15-7-14-26(3,16-34)25(35)36/h4-6,8-13,17H,7,14-16H2,1-3H3,(H,31,33)(H,35,36)/t26-/m1/s1. The van der Waals surface area contributed by atoms with Gasteiger partial charge in [-0.1, -0.05) is 44.2 Å². The Morgan fingerprint density at radius 2 is 1.86 bits per heavy atom. The number of carbonyl (C=O) groups is 1. The summed E-state index contributed by atoms with van der Waals surface area (Å²) in [6.45, 7) is 6.67. The van der Waals surface area contributed by atoms with E-state index in [1.165, 1.54) is 6.07 Å². The highest BCUT2D eigenvalue weighted by Gasteiger charge is 2.38. The normalized spacial score (nSPS) is 18.2. The van der Waals surface area contributed by atoms with Crippen LogP contribution in [0.2, 0.25) is 0 Å². The Bertz CT molecular complexity index is 1280. The van der Waals surface area contributed by atoms with Crippen LogP contribution in [0.15, 0.2) is 59.6 Å². The van der Waals surface area contributed by atoms with E-state index >= 15 is 0 Å². The highest BCUT2D eigenvalue weighted by molar-refractivity contribution is 8.00. The number of benzene rings is 1. The van der Waals surface area contributed by atoms with E-state index in [0.717, 1.165) is 30.0 Å². The van der Waals surface area contributed by atoms with Crippen molar-refractivity contribution in [2.75, 3.05) is 22.7 Å². The fraction of sp³-hybridized carbons (Fsp3) is 0.370. The van der Waals surface area contributed by atoms with Crippen LogP contribution in [-0.4, -0.2) is 34.1 Å². The van der Waals surface area contributed by atoms with Crippen LogP contribution in [-0.2, 0) is 11.0 Å². The highest BCUT2D eigenvalue weighted by Crippen LogP contribution is 2.40. The summed E-state index contributed by atoms with van der Waals surface area (Å²) in [4.78, 5) is 22.7. The molecule has 0 bridgehead atoms. The minimum Gasteiger partial charge on any atom is -0.481 e. The number of hydrogen-bond acceptors (Lipinski definition) is 6. The number of anilines is 2. The second-order valence-electron chi connectivity index (χ2n) is 9.76. The molecule has 6 nitrogen and oxygen atoms in total. The van der Waals surface area contributed by atoms with Gasteiger partial charge in [0.05, 0.1) is 16.7 Å². The molecule has 0 saturated carbocycles. The Morgan fingerprint density at radius 1 is 1.11 bits per heavy atom. The van der Waals surface area contributed by atoms with E-state index in [4.69, 9.17) is 0 Å². The van der Waals surface area contributed by atoms with Crippen molar-refractivity contribution in [1.82, 2.24) is 9.97 Å². The molecule has 1 aliphatic heterocycles. The van der Waals surface area contributed by atoms with Gasteiger partial charge in [0.1, 0.15) is 16.7 Å². The van der Waals surface area contributed by atoms with Crippen molar-refractivity contribution in [3.63, 3.8) is 0 Å². The molecule has 0 amide bonds. The van der Waals surface area contributed by atoms with Crippen LogP contribution in [0.25, 0.3) is 11.3 Å². The number of nitrogens with zero attached hydrogens (tertiary/aromatic N) is 3. The summed E-state index contributed by atoms with van der Waals surface area (Å²) in [5, 5.41) is 10.2. The average molecular weight is 531 g/mol. The van der Waals surface area contributed by atoms with Gasteiger partial charge in [-0.05, 0) is 55.5 Å². The van der Waals surface area contributed by atoms with Crippen molar-refractivity contribution in [3.8, 4) is 11.3 Å². The first-order valence-electron chi connectivity index (χ1n) is 12.0. The molecule has 3 aromatic rings. The lowest BCUT2D eigenvalue weighted by Crippen LogP contribution is -2.46. The zero-order valence-corrected chi connectivity index (χ0v) is 21.7. The Morgan fingerprint density at radius 3 is 2.57 bits per heavy atom. The molecule has 1 atom stereocenters. The Hall–Kier alpha value is -3.27. The molecule has 2 N–H and O–H groups in total. The van der Waals surface area contributed by atoms with Gasteiger partial charge in [-0.25, -0.2) is 9.97 Å². The smallest absolute Gasteiger partial charge is 0.418 e. The molecule has 0 unspecified atom stereocenters. The number of aromatic nitrogens is 2. The number of rotatable bonds is 7. The zero-order chi connectivity index (χ0) is 26.8. The van der Waals surface area contributed by atoms with E-state index in [9.17, 15) is 23.1 Å². The molecule has 4 rings (SSSR count). The van der Waals surface area contributed by atoms with Crippen LogP contribution >= 0.6 is 11.9 Å². The van der Waals surface area contributed by atoms with Crippen LogP contribution in [0.4, 0.5) is 24.8 Å². The summed E-state index contributed by atoms with van der Waals surface area (Å²) in [5.74, 6) is 0.128. The van der Waals surface area contributed by atoms with Crippen molar-refractivity contribution >= 4 is 29.6 Å². The largest absolute Gasteiger partial charge is 0.481 e. The first kappa shape index (κ1) is 26.8. The Balaban J connectivity index is 1.58. The molecular formula is C27H29F3N4O2S. The van der Waals surface area contributed by atoms with E-state index < -0.39 is 23.1 Å². The number of piperidine rings is 1. The van der Waals surface area contributed by atoms with Crippen molar-refractivity contribution in [3.05, 3.63) is 65.7 Å². The molecule has 1 aliphatic rings. The maximum absolute atomic E-state index is 13.9. The molecule has 0 aliphatic carbocycles. The minimum absolute atomic E-state index is 0.0229. The molecule has 0 radical (unpaired) electrons. The summed E-state index contributed by atoms with van der Waals surface area (Å²) in [5.41, 5.74) is -0.512. The number of hydrogen-bond donors (Lipinski definition) is 2. The van der Waals surface area contributed by atoms with Crippen molar-refractivity contribution in [2.45, 2.75) is 50.7 Å². The molecule has 10 heteroatoms. The van der Waals surface area contributed by atoms with Crippen LogP contribution in [0.5, 0.6) is 0 Å². The maximum atomic E-state index is 13.9. The first-order chi connectivity index (χ1) is 17.5. The van der Waals surface area contributed by atoms with Gasteiger partial charge < -0.3 is 14.7 Å². The molecule has 37 heavy (non-hydrogen) atoms. The van der Waals surface area contributed by atoms with Gasteiger partial charge in [0, 0.05) is 30.6 Å². The van der Waals surface area contributed by atoms with Gasteiger partial charge in [-0.2, -0.15) is 13.2 Å². The van der Waals surface area contributed by atoms with Crippen LogP contribution < -0.4 is 9.62 Å². The van der Waals surface area contributed by atoms with Gasteiger partial charge >= 0.3 is 12.1 Å². The summed E-state index contributed by atoms with van der Waals surface area (Å²) in [6, 6.07) is 14.8. The van der Waals surface area contributed by atoms with Crippen LogP contribution in [0, 0.1) is 5.41 Å². The number of nitrogens with one attached hydrogen (secondary N) is 1. The summed E-state index contributed by atoms with van der Waals surface area (Å²) < 4.78 is 44.6. The quantitative estimate of drug-likeness (QED) is 0.316. The van der Waals surface area contributed by atoms with Crippen molar-refractivity contribution in [1.29, 1.82) is 0 Å². The SMILES string of the molecule is CC(C)c1ccccc1-c1nc(NSc2cccc(N3CCC[C@@](C)(C(=O)O)C3)n2)ccc1C(F)(F)F. The molecule has 3 heterocycles. The Kier molecular flexibility index (Phi) is 7.68. The number of pyridine rings is 2. The van der Waals surface area contributed by atoms with Crippen LogP contribution in [0.1, 0.15) is 50.7 Å². The third kappa shape index (κ3) is 6.01. The second kappa shape index (κ2) is 10.6. The van der Waals surface area contributed by atoms with E-state index in [1.807, 2.05) is 43.0 Å². The second-order valence-corrected chi connectivity index (χ2v) is 10.6. The molecule has 1 fully saturated rings. The zero-order valence-electron chi connectivity index (χ0n) is 20.8. The maximum Gasteiger partial charge on any atom is 0.418 e. The van der Waals surface area contributed by atoms with E-state index in [2.05, 4.69) is 14.7 Å². The molecule has 0 spiro atoms. The lowest BCUT2D eigenvalue weighted by Gasteiger charge is -2.38. The van der Waals surface area contributed by atoms with Gasteiger partial charge in [0.15, 0.2) is 0 Å². The van der Waals surface area contributed by atoms with E-state index in [1.54, 1.807) is 25.1 Å². The number of halogens is 3. The fourth-order valence-corrected chi connectivity index (χ4v) is 5.13. The van der Waals surface area contributed by atoms with E-state index in [-0.39, 0.29) is 17.4 Å². The number of aliphatic carboxylic acids is 1. The van der Waals surface area contributed by atoms with E-state index in [0.29, 0.717) is 35.9 Å². The average Bonchev–Trinajstić information content (AvgIpc) is 2.87. The lowest BCUT2D eigenvalue weighted by molar-refractivity contribution is -0.148. The number of carboxylic acid groups (broad SMARTS) is 1. The fourth-order valence-electron chi connectivity index (χ4n) is 4.52. The predicted molar refractivity (Wildman–Crippen MR) is 140 cm³/mol. The summed E-state index contributed by atoms with van der Waals surface area (Å²) in [7, 11) is 0. The predicted octanol–water partition coefficient (Wildman–Crippen LogP) is 7.10. The third-order valence-electron chi connectivity index (χ3n) is 6.54. The highest BCUT2D eigenvalue weighted by atomic mass is 32.2. The van der Waals surface area contributed by atoms with Gasteiger partial charge in [-0.15, -0.1) is 0 Å². The molecule has 196 valence electrons. The monoisotopic (exact) mass is 530 g/mol. The van der Waals surface area contributed by atoms with Gasteiger partial charge in [0.25, 0.3) is 0 Å². The van der Waals surface area contributed by atoms with Crippen molar-refractivity contribution in [2.24, 2.45) is 5.41 Å². The number of carboxylic acids is 1. The topological polar surface area (TPSA) is 78.4 Å². The number of alkyl halides is 3. The third-order valence-corrected chi connectivity index (χ3v) is 7.29.